The molecule has 3 nitrogen and oxygen atoms in total. The fourth-order valence-electron chi connectivity index (χ4n) is 12.0. The van der Waals surface area contributed by atoms with E-state index >= 15 is 0 Å². The summed E-state index contributed by atoms with van der Waals surface area (Å²) in [7, 11) is 0. The highest BCUT2D eigenvalue weighted by Crippen LogP contribution is 2.45. The molecule has 0 unspecified atom stereocenters. The van der Waals surface area contributed by atoms with Crippen LogP contribution in [0.15, 0.2) is 247 Å². The highest BCUT2D eigenvalue weighted by molar-refractivity contribution is 7.26. The van der Waals surface area contributed by atoms with Crippen LogP contribution < -0.4 is 0 Å². The van der Waals surface area contributed by atoms with E-state index in [9.17, 15) is 0 Å². The zero-order valence-electron chi connectivity index (χ0n) is 38.8. The van der Waals surface area contributed by atoms with Crippen molar-refractivity contribution in [2.75, 3.05) is 0 Å². The van der Waals surface area contributed by atoms with Crippen molar-refractivity contribution >= 4 is 119 Å². The third kappa shape index (κ3) is 5.73. The Morgan fingerprint density at radius 3 is 1.68 bits per heavy atom. The molecule has 72 heavy (non-hydrogen) atoms. The van der Waals surface area contributed by atoms with Gasteiger partial charge in [0.15, 0.2) is 0 Å². The number of thiophene rings is 1. The molecule has 16 rings (SSSR count). The second-order valence-corrected chi connectivity index (χ2v) is 20.2. The van der Waals surface area contributed by atoms with E-state index in [0.717, 1.165) is 44.3 Å². The molecule has 0 fully saturated rings. The monoisotopic (exact) mass is 932 g/mol. The molecule has 334 valence electrons. The van der Waals surface area contributed by atoms with E-state index in [1.807, 2.05) is 17.4 Å². The van der Waals surface area contributed by atoms with E-state index < -0.39 is 0 Å². The fourth-order valence-corrected chi connectivity index (χ4v) is 13.3. The van der Waals surface area contributed by atoms with Gasteiger partial charge in [0, 0.05) is 69.1 Å². The standard InChI is InChI=1S/C68H40N2OS/c1-3-15-48-41(12-1)14-9-23-59(48)70-60-34-29-44(38-56(60)57-40-46(31-36-61(57)70)50-19-10-21-54-52-17-5-7-24-64(52)71-67(50)54)45-30-35-62-58(39-45)66-49-16-4-2-13-42(49)28-37-63(66)69(62)47-32-26-43(27-33-47)51-20-11-22-55-53-18-6-8-25-65(53)72-68(51)55/h1-40H. The quantitative estimate of drug-likeness (QED) is 0.169. The first-order chi connectivity index (χ1) is 35.7. The highest BCUT2D eigenvalue weighted by atomic mass is 32.1. The minimum atomic E-state index is 0.904. The fraction of sp³-hybridized carbons (Fsp3) is 0. The van der Waals surface area contributed by atoms with Gasteiger partial charge in [0.05, 0.1) is 27.8 Å². The predicted octanol–water partition coefficient (Wildman–Crippen LogP) is 19.5. The molecule has 0 amide bonds. The van der Waals surface area contributed by atoms with Crippen molar-refractivity contribution in [3.8, 4) is 44.8 Å². The van der Waals surface area contributed by atoms with Gasteiger partial charge >= 0.3 is 0 Å². The molecule has 0 atom stereocenters. The lowest BCUT2D eigenvalue weighted by Gasteiger charge is -2.12. The molecule has 0 radical (unpaired) electrons. The van der Waals surface area contributed by atoms with Crippen LogP contribution >= 0.6 is 11.3 Å². The van der Waals surface area contributed by atoms with Gasteiger partial charge < -0.3 is 13.6 Å². The lowest BCUT2D eigenvalue weighted by molar-refractivity contribution is 0.670. The smallest absolute Gasteiger partial charge is 0.143 e. The Balaban J connectivity index is 0.888. The van der Waals surface area contributed by atoms with Crippen LogP contribution in [-0.4, -0.2) is 9.13 Å². The van der Waals surface area contributed by atoms with E-state index in [-0.39, 0.29) is 0 Å². The van der Waals surface area contributed by atoms with Crippen molar-refractivity contribution in [1.29, 1.82) is 0 Å². The second-order valence-electron chi connectivity index (χ2n) is 19.2. The molecule has 0 aliphatic rings. The van der Waals surface area contributed by atoms with Gasteiger partial charge in [0.25, 0.3) is 0 Å². The maximum atomic E-state index is 6.60. The zero-order valence-corrected chi connectivity index (χ0v) is 39.6. The summed E-state index contributed by atoms with van der Waals surface area (Å²) in [6.45, 7) is 0. The molecule has 0 spiro atoms. The SMILES string of the molecule is c1ccc2c(-n3c4ccc(-c5ccc6c(c5)c5c7ccccc7ccc5n6-c5ccc(-c6cccc7c6sc6ccccc67)cc5)cc4c4cc(-c5cccc6c5oc5ccccc56)ccc43)cccc2c1. The number of rotatable bonds is 5. The first kappa shape index (κ1) is 39.6. The first-order valence-corrected chi connectivity index (χ1v) is 25.5. The normalized spacial score (nSPS) is 12.2. The van der Waals surface area contributed by atoms with Gasteiger partial charge in [-0.3, -0.25) is 0 Å². The Morgan fingerprint density at radius 1 is 0.319 bits per heavy atom. The lowest BCUT2D eigenvalue weighted by atomic mass is 9.98. The molecule has 0 N–H and O–H groups in total. The molecule has 12 aromatic carbocycles. The van der Waals surface area contributed by atoms with Gasteiger partial charge in [-0.05, 0) is 117 Å². The number of hydrogen-bond donors (Lipinski definition) is 0. The molecule has 0 aliphatic heterocycles. The minimum Gasteiger partial charge on any atom is -0.455 e. The lowest BCUT2D eigenvalue weighted by Crippen LogP contribution is -1.95. The summed E-state index contributed by atoms with van der Waals surface area (Å²) >= 11 is 1.88. The third-order valence-electron chi connectivity index (χ3n) is 15.3. The van der Waals surface area contributed by atoms with Crippen molar-refractivity contribution in [2.45, 2.75) is 0 Å². The largest absolute Gasteiger partial charge is 0.455 e. The van der Waals surface area contributed by atoms with E-state index in [2.05, 4.69) is 246 Å². The van der Waals surface area contributed by atoms with Crippen molar-refractivity contribution in [1.82, 2.24) is 9.13 Å². The molecular weight excluding hydrogens is 893 g/mol. The number of hydrogen-bond acceptors (Lipinski definition) is 2. The van der Waals surface area contributed by atoms with Crippen LogP contribution in [0.5, 0.6) is 0 Å². The molecular formula is C68H40N2OS. The van der Waals surface area contributed by atoms with Crippen LogP contribution in [0, 0.1) is 0 Å². The number of nitrogens with zero attached hydrogens (tertiary/aromatic N) is 2. The number of benzene rings is 12. The minimum absolute atomic E-state index is 0.904. The average Bonchev–Trinajstić information content (AvgIpc) is 4.20. The molecule has 0 aliphatic carbocycles. The van der Waals surface area contributed by atoms with Gasteiger partial charge in [0.2, 0.25) is 0 Å². The van der Waals surface area contributed by atoms with E-state index in [1.54, 1.807) is 0 Å². The Bertz CT molecular complexity index is 4920. The number of fused-ring (bicyclic) bond motifs is 15. The van der Waals surface area contributed by atoms with Crippen molar-refractivity contribution in [3.63, 3.8) is 0 Å². The Morgan fingerprint density at radius 2 is 0.875 bits per heavy atom. The van der Waals surface area contributed by atoms with Crippen LogP contribution in [0.4, 0.5) is 0 Å². The summed E-state index contributed by atoms with van der Waals surface area (Å²) in [6, 6.07) is 89.3. The summed E-state index contributed by atoms with van der Waals surface area (Å²) in [5.41, 5.74) is 15.9. The van der Waals surface area contributed by atoms with Crippen LogP contribution in [0.2, 0.25) is 0 Å². The first-order valence-electron chi connectivity index (χ1n) is 24.6. The van der Waals surface area contributed by atoms with Crippen molar-refractivity contribution in [3.05, 3.63) is 243 Å². The number of aromatic nitrogens is 2. The van der Waals surface area contributed by atoms with Gasteiger partial charge in [0.1, 0.15) is 11.2 Å². The summed E-state index contributed by atoms with van der Waals surface area (Å²) < 4.78 is 14.2. The molecule has 0 saturated carbocycles. The maximum absolute atomic E-state index is 6.60. The number of furan rings is 1. The summed E-state index contributed by atoms with van der Waals surface area (Å²) in [5.74, 6) is 0. The maximum Gasteiger partial charge on any atom is 0.143 e. The summed E-state index contributed by atoms with van der Waals surface area (Å²) in [5, 5.41) is 14.7. The van der Waals surface area contributed by atoms with Crippen LogP contribution in [-0.2, 0) is 0 Å². The molecule has 0 bridgehead atoms. The molecule has 16 aromatic rings. The molecule has 0 saturated heterocycles. The van der Waals surface area contributed by atoms with Crippen molar-refractivity contribution in [2.24, 2.45) is 0 Å². The van der Waals surface area contributed by atoms with Crippen molar-refractivity contribution < 1.29 is 4.42 Å². The van der Waals surface area contributed by atoms with E-state index in [1.165, 1.54) is 108 Å². The molecule has 4 heterocycles. The van der Waals surface area contributed by atoms with Gasteiger partial charge in [-0.1, -0.05) is 170 Å². The average molecular weight is 933 g/mol. The Kier molecular flexibility index (Phi) is 8.33. The highest BCUT2D eigenvalue weighted by Gasteiger charge is 2.21. The van der Waals surface area contributed by atoms with E-state index in [0.29, 0.717) is 0 Å². The van der Waals surface area contributed by atoms with Gasteiger partial charge in [-0.25, -0.2) is 0 Å². The number of para-hydroxylation sites is 2. The Labute approximate surface area is 417 Å². The van der Waals surface area contributed by atoms with Crippen LogP contribution in [0.1, 0.15) is 0 Å². The third-order valence-corrected chi connectivity index (χ3v) is 16.5. The summed E-state index contributed by atoms with van der Waals surface area (Å²) in [4.78, 5) is 0. The zero-order chi connectivity index (χ0) is 47.0. The summed E-state index contributed by atoms with van der Waals surface area (Å²) in [6.07, 6.45) is 0. The predicted molar refractivity (Wildman–Crippen MR) is 307 cm³/mol. The molecule has 4 heteroatoms. The van der Waals surface area contributed by atoms with Crippen LogP contribution in [0.25, 0.3) is 152 Å². The van der Waals surface area contributed by atoms with E-state index in [4.69, 9.17) is 4.42 Å². The van der Waals surface area contributed by atoms with Gasteiger partial charge in [-0.2, -0.15) is 0 Å². The molecule has 4 aromatic heterocycles. The van der Waals surface area contributed by atoms with Gasteiger partial charge in [-0.15, -0.1) is 11.3 Å². The topological polar surface area (TPSA) is 23.0 Å². The van der Waals surface area contributed by atoms with Crippen LogP contribution in [0.3, 0.4) is 0 Å². The Hall–Kier alpha value is -9.22. The second kappa shape index (κ2) is 15.1.